The number of aromatic nitrogens is 2. The summed E-state index contributed by atoms with van der Waals surface area (Å²) in [5.41, 5.74) is 2.26. The molecule has 0 aliphatic carbocycles. The fourth-order valence-corrected chi connectivity index (χ4v) is 4.77. The predicted molar refractivity (Wildman–Crippen MR) is 121 cm³/mol. The molecule has 0 spiro atoms. The van der Waals surface area contributed by atoms with E-state index in [1.54, 1.807) is 59.4 Å². The molecule has 1 fully saturated rings. The lowest BCUT2D eigenvalue weighted by molar-refractivity contribution is 0.0594. The molecule has 1 N–H and O–H groups in total. The zero-order chi connectivity index (χ0) is 22.9. The Morgan fingerprint density at radius 2 is 1.85 bits per heavy atom. The summed E-state index contributed by atoms with van der Waals surface area (Å²) in [6, 6.07) is 15.3. The maximum Gasteiger partial charge on any atom is 0.274 e. The summed E-state index contributed by atoms with van der Waals surface area (Å²) in [7, 11) is 0. The van der Waals surface area contributed by atoms with Gasteiger partial charge in [0.05, 0.1) is 17.2 Å². The highest BCUT2D eigenvalue weighted by atomic mass is 16.2. The number of nitriles is 1. The van der Waals surface area contributed by atoms with E-state index < -0.39 is 5.91 Å². The molecule has 0 saturated carbocycles. The molecule has 2 atom stereocenters. The summed E-state index contributed by atoms with van der Waals surface area (Å²) in [5, 5.41) is 11.6. The van der Waals surface area contributed by atoms with E-state index in [0.717, 1.165) is 12.1 Å². The Bertz CT molecular complexity index is 1320. The van der Waals surface area contributed by atoms with Gasteiger partial charge in [-0.25, -0.2) is 0 Å². The maximum absolute atomic E-state index is 13.2. The monoisotopic (exact) mass is 439 g/mol. The van der Waals surface area contributed by atoms with Crippen molar-refractivity contribution in [3.8, 4) is 6.07 Å². The van der Waals surface area contributed by atoms with Crippen LogP contribution < -0.4 is 10.9 Å². The number of piperidine rings is 1. The molecule has 33 heavy (non-hydrogen) atoms. The van der Waals surface area contributed by atoms with Gasteiger partial charge in [0.25, 0.3) is 17.4 Å². The normalized spacial score (nSPS) is 18.7. The van der Waals surface area contributed by atoms with Crippen molar-refractivity contribution in [2.45, 2.75) is 18.9 Å². The van der Waals surface area contributed by atoms with E-state index in [1.165, 1.54) is 0 Å². The lowest BCUT2D eigenvalue weighted by Gasteiger charge is -2.42. The van der Waals surface area contributed by atoms with Gasteiger partial charge in [-0.15, -0.1) is 0 Å². The molecule has 8 heteroatoms. The van der Waals surface area contributed by atoms with Crippen LogP contribution in [0.25, 0.3) is 0 Å². The van der Waals surface area contributed by atoms with Crippen LogP contribution in [0.2, 0.25) is 0 Å². The molecule has 3 aromatic rings. The summed E-state index contributed by atoms with van der Waals surface area (Å²) in [5.74, 6) is -0.213. The van der Waals surface area contributed by atoms with E-state index in [4.69, 9.17) is 5.26 Å². The lowest BCUT2D eigenvalue weighted by atomic mass is 9.83. The van der Waals surface area contributed by atoms with Crippen molar-refractivity contribution in [3.63, 3.8) is 0 Å². The number of carbonyl (C=O) groups excluding carboxylic acids is 2. The number of nitrogens with zero attached hydrogens (tertiary/aromatic N) is 4. The summed E-state index contributed by atoms with van der Waals surface area (Å²) < 4.78 is 1.74. The van der Waals surface area contributed by atoms with Gasteiger partial charge in [0.1, 0.15) is 5.69 Å². The highest BCUT2D eigenvalue weighted by molar-refractivity contribution is 6.04. The smallest absolute Gasteiger partial charge is 0.274 e. The summed E-state index contributed by atoms with van der Waals surface area (Å²) >= 11 is 0. The van der Waals surface area contributed by atoms with E-state index >= 15 is 0 Å². The number of likely N-dealkylation sites (tertiary alicyclic amines) is 1. The van der Waals surface area contributed by atoms with Gasteiger partial charge in [0.15, 0.2) is 0 Å². The van der Waals surface area contributed by atoms with Crippen LogP contribution in [0.1, 0.15) is 44.3 Å². The minimum Gasteiger partial charge on any atom is -0.338 e. The molecule has 2 aliphatic rings. The van der Waals surface area contributed by atoms with Crippen LogP contribution in [0.5, 0.6) is 0 Å². The van der Waals surface area contributed by atoms with Crippen LogP contribution in [0, 0.1) is 17.2 Å². The number of anilines is 1. The minimum atomic E-state index is -0.401. The summed E-state index contributed by atoms with van der Waals surface area (Å²) in [6.07, 6.45) is 4.14. The zero-order valence-corrected chi connectivity index (χ0v) is 17.8. The molecule has 1 aromatic carbocycles. The molecule has 2 aliphatic heterocycles. The average molecular weight is 439 g/mol. The number of rotatable bonds is 3. The van der Waals surface area contributed by atoms with Gasteiger partial charge >= 0.3 is 0 Å². The Morgan fingerprint density at radius 1 is 1.03 bits per heavy atom. The number of fused-ring (bicyclic) bond motifs is 4. The van der Waals surface area contributed by atoms with Crippen LogP contribution in [-0.2, 0) is 6.54 Å². The number of hydrogen-bond acceptors (Lipinski definition) is 5. The molecule has 4 heterocycles. The fourth-order valence-electron chi connectivity index (χ4n) is 4.77. The second-order valence-electron chi connectivity index (χ2n) is 8.48. The number of nitrogens with one attached hydrogen (secondary N) is 1. The molecule has 2 aromatic heterocycles. The van der Waals surface area contributed by atoms with Crippen molar-refractivity contribution < 1.29 is 9.59 Å². The predicted octanol–water partition coefficient (Wildman–Crippen LogP) is 2.63. The topological polar surface area (TPSA) is 108 Å². The van der Waals surface area contributed by atoms with E-state index in [0.29, 0.717) is 36.3 Å². The van der Waals surface area contributed by atoms with Crippen molar-refractivity contribution in [1.82, 2.24) is 14.5 Å². The second-order valence-corrected chi connectivity index (χ2v) is 8.48. The van der Waals surface area contributed by atoms with E-state index in [9.17, 15) is 14.4 Å². The van der Waals surface area contributed by atoms with Crippen molar-refractivity contribution in [2.75, 3.05) is 18.4 Å². The molecule has 0 unspecified atom stereocenters. The number of amides is 2. The Balaban J connectivity index is 1.36. The van der Waals surface area contributed by atoms with Crippen LogP contribution in [0.4, 0.5) is 5.69 Å². The first-order valence-corrected chi connectivity index (χ1v) is 10.8. The fraction of sp³-hybridized carbons (Fsp3) is 0.240. The van der Waals surface area contributed by atoms with Gasteiger partial charge in [0, 0.05) is 49.2 Å². The molecule has 5 rings (SSSR count). The summed E-state index contributed by atoms with van der Waals surface area (Å²) in [4.78, 5) is 44.6. The Hall–Kier alpha value is -4.25. The SMILES string of the molecule is N#Cc1ccc(C(=O)Nc2ccc3n(c2=O)C[C@@H]2C[C@@H]3CN(C(=O)c3cccnc3)C2)cc1. The third-order valence-corrected chi connectivity index (χ3v) is 6.32. The third-order valence-electron chi connectivity index (χ3n) is 6.32. The van der Waals surface area contributed by atoms with Gasteiger partial charge in [-0.05, 0) is 60.9 Å². The molecule has 2 bridgehead atoms. The first-order chi connectivity index (χ1) is 16.0. The molecule has 0 radical (unpaired) electrons. The molecular formula is C25H21N5O3. The first kappa shape index (κ1) is 20.6. The van der Waals surface area contributed by atoms with Crippen LogP contribution in [0.3, 0.4) is 0 Å². The van der Waals surface area contributed by atoms with Crippen LogP contribution >= 0.6 is 0 Å². The molecular weight excluding hydrogens is 418 g/mol. The van der Waals surface area contributed by atoms with Crippen molar-refractivity contribution in [3.05, 3.63) is 93.7 Å². The number of pyridine rings is 2. The maximum atomic E-state index is 13.2. The van der Waals surface area contributed by atoms with E-state index in [2.05, 4.69) is 10.3 Å². The van der Waals surface area contributed by atoms with E-state index in [-0.39, 0.29) is 29.0 Å². The summed E-state index contributed by atoms with van der Waals surface area (Å²) in [6.45, 7) is 1.63. The van der Waals surface area contributed by atoms with Gasteiger partial charge in [-0.3, -0.25) is 19.4 Å². The average Bonchev–Trinajstić information content (AvgIpc) is 2.86. The van der Waals surface area contributed by atoms with Crippen LogP contribution in [0.15, 0.2) is 65.7 Å². The van der Waals surface area contributed by atoms with Crippen molar-refractivity contribution >= 4 is 17.5 Å². The number of benzene rings is 1. The first-order valence-electron chi connectivity index (χ1n) is 10.8. The zero-order valence-electron chi connectivity index (χ0n) is 17.8. The van der Waals surface area contributed by atoms with Crippen molar-refractivity contribution in [2.24, 2.45) is 5.92 Å². The van der Waals surface area contributed by atoms with Gasteiger partial charge < -0.3 is 14.8 Å². The van der Waals surface area contributed by atoms with Gasteiger partial charge in [-0.1, -0.05) is 0 Å². The standard InChI is InChI=1S/C25H21N5O3/c26-11-16-3-5-18(6-4-16)23(31)28-21-7-8-22-20-10-17(14-30(22)25(21)33)13-29(15-20)24(32)19-2-1-9-27-12-19/h1-9,12,17,20H,10,13-15H2,(H,28,31)/t17-,20-/m1/s1. The molecule has 164 valence electrons. The van der Waals surface area contributed by atoms with E-state index in [1.807, 2.05) is 17.0 Å². The second kappa shape index (κ2) is 8.36. The molecule has 2 amide bonds. The quantitative estimate of drug-likeness (QED) is 0.675. The Morgan fingerprint density at radius 3 is 2.58 bits per heavy atom. The number of hydrogen-bond donors (Lipinski definition) is 1. The van der Waals surface area contributed by atoms with Crippen molar-refractivity contribution in [1.29, 1.82) is 5.26 Å². The highest BCUT2D eigenvalue weighted by Crippen LogP contribution is 2.36. The Labute approximate surface area is 190 Å². The Kier molecular flexibility index (Phi) is 5.23. The largest absolute Gasteiger partial charge is 0.338 e. The third kappa shape index (κ3) is 3.89. The number of carbonyl (C=O) groups is 2. The minimum absolute atomic E-state index is 0.0418. The molecule has 1 saturated heterocycles. The molecule has 8 nitrogen and oxygen atoms in total. The highest BCUT2D eigenvalue weighted by Gasteiger charge is 2.37. The lowest BCUT2D eigenvalue weighted by Crippen LogP contribution is -2.49. The van der Waals surface area contributed by atoms with Gasteiger partial charge in [0.2, 0.25) is 0 Å². The van der Waals surface area contributed by atoms with Gasteiger partial charge in [-0.2, -0.15) is 5.26 Å². The van der Waals surface area contributed by atoms with Crippen LogP contribution in [-0.4, -0.2) is 39.4 Å².